The van der Waals surface area contributed by atoms with Gasteiger partial charge >= 0.3 is 0 Å². The molecule has 2 aromatic rings. The minimum Gasteiger partial charge on any atom is -0.396 e. The van der Waals surface area contributed by atoms with Crippen LogP contribution in [0.3, 0.4) is 0 Å². The molecular weight excluding hydrogens is 364 g/mol. The Morgan fingerprint density at radius 1 is 1.15 bits per heavy atom. The molecule has 0 spiro atoms. The fraction of sp³-hybridized carbons (Fsp3) is 0.632. The van der Waals surface area contributed by atoms with E-state index in [0.717, 1.165) is 52.2 Å². The van der Waals surface area contributed by atoms with E-state index in [-0.39, 0.29) is 6.61 Å². The number of anilines is 1. The van der Waals surface area contributed by atoms with Crippen molar-refractivity contribution in [3.8, 4) is 0 Å². The molecule has 4 heterocycles. The second-order valence-corrected chi connectivity index (χ2v) is 9.18. The lowest BCUT2D eigenvalue weighted by Crippen LogP contribution is -2.52. The third kappa shape index (κ3) is 4.46. The van der Waals surface area contributed by atoms with Crippen LogP contribution in [0.1, 0.15) is 29.7 Å². The largest absolute Gasteiger partial charge is 0.396 e. The van der Waals surface area contributed by atoms with Crippen LogP contribution < -0.4 is 4.90 Å². The van der Waals surface area contributed by atoms with Crippen LogP contribution in [-0.4, -0.2) is 65.3 Å². The van der Waals surface area contributed by atoms with Gasteiger partial charge in [-0.25, -0.2) is 4.98 Å². The molecule has 1 N–H and O–H groups in total. The van der Waals surface area contributed by atoms with Gasteiger partial charge in [0.25, 0.3) is 0 Å². The molecular formula is C19H28N4OS2. The van der Waals surface area contributed by atoms with Gasteiger partial charge in [0, 0.05) is 69.5 Å². The number of hydrogen-bond donors (Lipinski definition) is 1. The quantitative estimate of drug-likeness (QED) is 0.785. The van der Waals surface area contributed by atoms with Crippen molar-refractivity contribution in [1.82, 2.24) is 14.8 Å². The van der Waals surface area contributed by atoms with Crippen LogP contribution in [0.25, 0.3) is 0 Å². The average molecular weight is 393 g/mol. The van der Waals surface area contributed by atoms with Gasteiger partial charge in [-0.2, -0.15) is 11.3 Å². The molecule has 0 saturated carbocycles. The SMILES string of the molecule is OCCC1CN(Cc2cnc(N3CCCC3)s2)CCN1Cc1ccsc1. The van der Waals surface area contributed by atoms with Crippen molar-refractivity contribution in [2.75, 3.05) is 44.2 Å². The smallest absolute Gasteiger partial charge is 0.185 e. The molecule has 142 valence electrons. The molecule has 0 aliphatic carbocycles. The number of rotatable bonds is 7. The van der Waals surface area contributed by atoms with Crippen molar-refractivity contribution >= 4 is 27.8 Å². The third-order valence-electron chi connectivity index (χ3n) is 5.41. The molecule has 1 unspecified atom stereocenters. The number of aliphatic hydroxyl groups excluding tert-OH is 1. The van der Waals surface area contributed by atoms with Gasteiger partial charge in [-0.15, -0.1) is 11.3 Å². The number of hydrogen-bond acceptors (Lipinski definition) is 7. The predicted molar refractivity (Wildman–Crippen MR) is 109 cm³/mol. The summed E-state index contributed by atoms with van der Waals surface area (Å²) in [4.78, 5) is 13.5. The normalized spacial score (nSPS) is 22.3. The highest BCUT2D eigenvalue weighted by atomic mass is 32.1. The molecule has 2 aliphatic rings. The number of piperazine rings is 1. The lowest BCUT2D eigenvalue weighted by atomic mass is 10.1. The molecule has 2 fully saturated rings. The summed E-state index contributed by atoms with van der Waals surface area (Å²) in [5.41, 5.74) is 1.39. The van der Waals surface area contributed by atoms with E-state index in [9.17, 15) is 5.11 Å². The van der Waals surface area contributed by atoms with Crippen molar-refractivity contribution in [2.45, 2.75) is 38.4 Å². The van der Waals surface area contributed by atoms with Crippen molar-refractivity contribution in [1.29, 1.82) is 0 Å². The van der Waals surface area contributed by atoms with E-state index in [1.54, 1.807) is 11.3 Å². The van der Waals surface area contributed by atoms with Crippen molar-refractivity contribution < 1.29 is 5.11 Å². The van der Waals surface area contributed by atoms with E-state index in [2.05, 4.69) is 42.7 Å². The summed E-state index contributed by atoms with van der Waals surface area (Å²) < 4.78 is 0. The van der Waals surface area contributed by atoms with E-state index in [1.807, 2.05) is 11.3 Å². The molecule has 0 radical (unpaired) electrons. The number of nitrogens with zero attached hydrogens (tertiary/aromatic N) is 4. The fourth-order valence-electron chi connectivity index (χ4n) is 3.99. The summed E-state index contributed by atoms with van der Waals surface area (Å²) in [5, 5.41) is 15.1. The van der Waals surface area contributed by atoms with Crippen LogP contribution in [0.2, 0.25) is 0 Å². The van der Waals surface area contributed by atoms with Crippen LogP contribution in [-0.2, 0) is 13.1 Å². The number of thiophene rings is 1. The Labute approximate surface area is 163 Å². The van der Waals surface area contributed by atoms with Crippen molar-refractivity contribution in [3.63, 3.8) is 0 Å². The zero-order chi connectivity index (χ0) is 17.8. The first-order valence-electron chi connectivity index (χ1n) is 9.60. The van der Waals surface area contributed by atoms with Gasteiger partial charge in [0.1, 0.15) is 0 Å². The monoisotopic (exact) mass is 392 g/mol. The molecule has 2 aliphatic heterocycles. The van der Waals surface area contributed by atoms with Gasteiger partial charge in [0.15, 0.2) is 5.13 Å². The lowest BCUT2D eigenvalue weighted by Gasteiger charge is -2.41. The highest BCUT2D eigenvalue weighted by Gasteiger charge is 2.27. The molecule has 5 nitrogen and oxygen atoms in total. The Hall–Kier alpha value is -0.990. The highest BCUT2D eigenvalue weighted by Crippen LogP contribution is 2.27. The van der Waals surface area contributed by atoms with Crippen LogP contribution in [0.4, 0.5) is 5.13 Å². The summed E-state index contributed by atoms with van der Waals surface area (Å²) in [6.45, 7) is 7.75. The van der Waals surface area contributed by atoms with Gasteiger partial charge in [0.2, 0.25) is 0 Å². The van der Waals surface area contributed by atoms with Gasteiger partial charge in [-0.1, -0.05) is 0 Å². The topological polar surface area (TPSA) is 42.8 Å². The molecule has 2 saturated heterocycles. The van der Waals surface area contributed by atoms with Gasteiger partial charge in [-0.3, -0.25) is 9.80 Å². The number of aromatic nitrogens is 1. The zero-order valence-electron chi connectivity index (χ0n) is 15.2. The second kappa shape index (κ2) is 8.80. The molecule has 4 rings (SSSR count). The molecule has 0 amide bonds. The van der Waals surface area contributed by atoms with Crippen LogP contribution in [0.15, 0.2) is 23.0 Å². The molecule has 2 aromatic heterocycles. The standard InChI is InChI=1S/C19H28N4OS2/c24-9-3-17-13-21(7-8-23(17)12-16-4-10-25-15-16)14-18-11-20-19(26-18)22-5-1-2-6-22/h4,10-11,15,17,24H,1-3,5-9,12-14H2. The van der Waals surface area contributed by atoms with E-state index < -0.39 is 0 Å². The maximum Gasteiger partial charge on any atom is 0.185 e. The van der Waals surface area contributed by atoms with Crippen LogP contribution in [0.5, 0.6) is 0 Å². The summed E-state index contributed by atoms with van der Waals surface area (Å²) in [5.74, 6) is 0. The number of aliphatic hydroxyl groups is 1. The molecule has 0 aromatic carbocycles. The minimum absolute atomic E-state index is 0.262. The Morgan fingerprint density at radius 3 is 2.81 bits per heavy atom. The Bertz CT molecular complexity index is 669. The molecule has 0 bridgehead atoms. The Morgan fingerprint density at radius 2 is 2.04 bits per heavy atom. The zero-order valence-corrected chi connectivity index (χ0v) is 16.9. The summed E-state index contributed by atoms with van der Waals surface area (Å²) in [6.07, 6.45) is 5.51. The maximum atomic E-state index is 9.51. The van der Waals surface area contributed by atoms with E-state index in [0.29, 0.717) is 6.04 Å². The summed E-state index contributed by atoms with van der Waals surface area (Å²) in [7, 11) is 0. The predicted octanol–water partition coefficient (Wildman–Crippen LogP) is 2.87. The first-order chi connectivity index (χ1) is 12.8. The summed E-state index contributed by atoms with van der Waals surface area (Å²) in [6, 6.07) is 2.64. The Kier molecular flexibility index (Phi) is 6.22. The maximum absolute atomic E-state index is 9.51. The molecule has 1 atom stereocenters. The van der Waals surface area contributed by atoms with Gasteiger partial charge in [0.05, 0.1) is 0 Å². The van der Waals surface area contributed by atoms with Crippen LogP contribution in [0, 0.1) is 0 Å². The van der Waals surface area contributed by atoms with E-state index >= 15 is 0 Å². The number of thiazole rings is 1. The second-order valence-electron chi connectivity index (χ2n) is 7.31. The van der Waals surface area contributed by atoms with E-state index in [4.69, 9.17) is 0 Å². The average Bonchev–Trinajstić information content (AvgIpc) is 3.39. The van der Waals surface area contributed by atoms with Crippen LogP contribution >= 0.6 is 22.7 Å². The van der Waals surface area contributed by atoms with E-state index in [1.165, 1.54) is 28.4 Å². The highest BCUT2D eigenvalue weighted by molar-refractivity contribution is 7.15. The molecule has 26 heavy (non-hydrogen) atoms. The van der Waals surface area contributed by atoms with Gasteiger partial charge < -0.3 is 10.0 Å². The lowest BCUT2D eigenvalue weighted by molar-refractivity contribution is 0.0505. The van der Waals surface area contributed by atoms with Gasteiger partial charge in [-0.05, 0) is 41.7 Å². The molecule has 7 heteroatoms. The third-order valence-corrected chi connectivity index (χ3v) is 7.19. The Balaban J connectivity index is 1.34. The van der Waals surface area contributed by atoms with Crippen molar-refractivity contribution in [3.05, 3.63) is 33.5 Å². The minimum atomic E-state index is 0.262. The summed E-state index contributed by atoms with van der Waals surface area (Å²) >= 11 is 3.62. The fourth-order valence-corrected chi connectivity index (χ4v) is 5.66. The first kappa shape index (κ1) is 18.4. The first-order valence-corrected chi connectivity index (χ1v) is 11.4. The van der Waals surface area contributed by atoms with Crippen molar-refractivity contribution in [2.24, 2.45) is 0 Å².